The Kier molecular flexibility index (Phi) is 5.64. The van der Waals surface area contributed by atoms with Crippen LogP contribution in [0, 0.1) is 0 Å². The largest absolute Gasteiger partial charge is 0.299 e. The van der Waals surface area contributed by atoms with Crippen LogP contribution in [-0.4, -0.2) is 39.0 Å². The smallest absolute Gasteiger partial charge is 0.241 e. The average Bonchev–Trinajstić information content (AvgIpc) is 2.86. The lowest BCUT2D eigenvalue weighted by Gasteiger charge is -2.23. The van der Waals surface area contributed by atoms with E-state index in [1.165, 1.54) is 0 Å². The van der Waals surface area contributed by atoms with Gasteiger partial charge in [-0.3, -0.25) is 4.90 Å². The summed E-state index contributed by atoms with van der Waals surface area (Å²) in [5.74, 6) is 0. The lowest BCUT2D eigenvalue weighted by Crippen LogP contribution is -2.40. The fraction of sp³-hybridized carbons (Fsp3) is 0.538. The number of likely N-dealkylation sites (N-methyl/N-ethyl adjacent to an activating group) is 1. The van der Waals surface area contributed by atoms with Gasteiger partial charge in [0.15, 0.2) is 0 Å². The van der Waals surface area contributed by atoms with Crippen LogP contribution in [0.5, 0.6) is 0 Å². The molecule has 1 unspecified atom stereocenters. The normalized spacial score (nSPS) is 20.4. The van der Waals surface area contributed by atoms with Gasteiger partial charge in [0.1, 0.15) is 0 Å². The van der Waals surface area contributed by atoms with E-state index in [-0.39, 0.29) is 4.90 Å². The summed E-state index contributed by atoms with van der Waals surface area (Å²) in [6, 6.07) is 5.45. The maximum absolute atomic E-state index is 12.4. The number of benzene rings is 1. The molecule has 0 saturated carbocycles. The van der Waals surface area contributed by atoms with Gasteiger partial charge in [-0.05, 0) is 60.1 Å². The Balaban J connectivity index is 2.09. The van der Waals surface area contributed by atoms with E-state index in [0.717, 1.165) is 30.4 Å². The summed E-state index contributed by atoms with van der Waals surface area (Å²) in [6.07, 6.45) is 2.19. The van der Waals surface area contributed by atoms with Crippen LogP contribution in [-0.2, 0) is 10.0 Å². The van der Waals surface area contributed by atoms with Gasteiger partial charge in [0, 0.05) is 21.5 Å². The van der Waals surface area contributed by atoms with Gasteiger partial charge < -0.3 is 0 Å². The highest BCUT2D eigenvalue weighted by molar-refractivity contribution is 9.11. The number of halogens is 2. The summed E-state index contributed by atoms with van der Waals surface area (Å²) < 4.78 is 28.8. The third-order valence-electron chi connectivity index (χ3n) is 3.60. The molecular formula is C13H18Br2N2O2S. The van der Waals surface area contributed by atoms with Gasteiger partial charge in [0.25, 0.3) is 0 Å². The predicted octanol–water partition coefficient (Wildman–Crippen LogP) is 2.97. The fourth-order valence-corrected chi connectivity index (χ4v) is 5.08. The van der Waals surface area contributed by atoms with E-state index in [2.05, 4.69) is 48.4 Å². The van der Waals surface area contributed by atoms with Crippen LogP contribution in [0.15, 0.2) is 32.0 Å². The molecule has 112 valence electrons. The van der Waals surface area contributed by atoms with Gasteiger partial charge in [-0.2, -0.15) is 0 Å². The summed E-state index contributed by atoms with van der Waals surface area (Å²) in [5, 5.41) is 0. The molecule has 0 bridgehead atoms. The molecule has 20 heavy (non-hydrogen) atoms. The summed E-state index contributed by atoms with van der Waals surface area (Å²) in [4.78, 5) is 2.59. The second kappa shape index (κ2) is 6.87. The zero-order valence-electron chi connectivity index (χ0n) is 11.3. The molecule has 1 N–H and O–H groups in total. The van der Waals surface area contributed by atoms with Crippen LogP contribution < -0.4 is 4.72 Å². The molecule has 1 aromatic rings. The van der Waals surface area contributed by atoms with Crippen molar-refractivity contribution in [2.24, 2.45) is 0 Å². The zero-order chi connectivity index (χ0) is 14.8. The number of nitrogens with zero attached hydrogens (tertiary/aromatic N) is 1. The van der Waals surface area contributed by atoms with Crippen molar-refractivity contribution in [1.82, 2.24) is 9.62 Å². The maximum atomic E-state index is 12.4. The van der Waals surface area contributed by atoms with Crippen molar-refractivity contribution < 1.29 is 8.42 Å². The van der Waals surface area contributed by atoms with Crippen molar-refractivity contribution in [2.45, 2.75) is 30.7 Å². The van der Waals surface area contributed by atoms with Gasteiger partial charge in [-0.15, -0.1) is 0 Å². The summed E-state index contributed by atoms with van der Waals surface area (Å²) in [7, 11) is -3.49. The minimum absolute atomic E-state index is 0.271. The Morgan fingerprint density at radius 1 is 1.40 bits per heavy atom. The quantitative estimate of drug-likeness (QED) is 0.788. The molecule has 1 aliphatic rings. The molecule has 7 heteroatoms. The molecular weight excluding hydrogens is 408 g/mol. The maximum Gasteiger partial charge on any atom is 0.241 e. The molecule has 1 saturated heterocycles. The molecule has 0 amide bonds. The molecule has 1 heterocycles. The molecule has 1 aromatic carbocycles. The highest BCUT2D eigenvalue weighted by Crippen LogP contribution is 2.26. The Bertz CT molecular complexity index is 578. The SMILES string of the molecule is CCN1CCCC1CNS(=O)(=O)c1cc(Br)ccc1Br. The molecule has 0 aliphatic carbocycles. The molecule has 0 aromatic heterocycles. The van der Waals surface area contributed by atoms with Crippen molar-refractivity contribution in [3.63, 3.8) is 0 Å². The van der Waals surface area contributed by atoms with Gasteiger partial charge in [0.05, 0.1) is 4.90 Å². The van der Waals surface area contributed by atoms with Crippen molar-refractivity contribution in [2.75, 3.05) is 19.6 Å². The third-order valence-corrected chi connectivity index (χ3v) is 6.51. The van der Waals surface area contributed by atoms with E-state index in [4.69, 9.17) is 0 Å². The lowest BCUT2D eigenvalue weighted by atomic mass is 10.2. The predicted molar refractivity (Wildman–Crippen MR) is 87.3 cm³/mol. The molecule has 1 fully saturated rings. The van der Waals surface area contributed by atoms with Crippen LogP contribution in [0.1, 0.15) is 19.8 Å². The highest BCUT2D eigenvalue weighted by atomic mass is 79.9. The van der Waals surface area contributed by atoms with E-state index in [1.54, 1.807) is 18.2 Å². The number of hydrogen-bond acceptors (Lipinski definition) is 3. The minimum Gasteiger partial charge on any atom is -0.299 e. The number of likely N-dealkylation sites (tertiary alicyclic amines) is 1. The first-order valence-electron chi connectivity index (χ1n) is 6.63. The first kappa shape index (κ1) is 16.4. The topological polar surface area (TPSA) is 49.4 Å². The minimum atomic E-state index is -3.49. The Labute approximate surface area is 137 Å². The first-order chi connectivity index (χ1) is 9.44. The molecule has 2 rings (SSSR count). The Morgan fingerprint density at radius 3 is 2.85 bits per heavy atom. The number of hydrogen-bond donors (Lipinski definition) is 1. The van der Waals surface area contributed by atoms with E-state index in [1.807, 2.05) is 0 Å². The van der Waals surface area contributed by atoms with Crippen LogP contribution in [0.25, 0.3) is 0 Å². The Hall–Kier alpha value is 0.0500. The van der Waals surface area contributed by atoms with Crippen molar-refractivity contribution in [3.05, 3.63) is 27.1 Å². The Morgan fingerprint density at radius 2 is 2.15 bits per heavy atom. The van der Waals surface area contributed by atoms with Crippen LogP contribution in [0.4, 0.5) is 0 Å². The van der Waals surface area contributed by atoms with Crippen molar-refractivity contribution in [1.29, 1.82) is 0 Å². The van der Waals surface area contributed by atoms with Crippen molar-refractivity contribution in [3.8, 4) is 0 Å². The fourth-order valence-electron chi connectivity index (χ4n) is 2.51. The van der Waals surface area contributed by atoms with E-state index >= 15 is 0 Å². The monoisotopic (exact) mass is 424 g/mol. The zero-order valence-corrected chi connectivity index (χ0v) is 15.3. The van der Waals surface area contributed by atoms with Crippen LogP contribution in [0.2, 0.25) is 0 Å². The second-order valence-corrected chi connectivity index (χ2v) is 8.36. The van der Waals surface area contributed by atoms with Crippen molar-refractivity contribution >= 4 is 41.9 Å². The second-order valence-electron chi connectivity index (χ2n) is 4.85. The van der Waals surface area contributed by atoms with Gasteiger partial charge in [-0.1, -0.05) is 22.9 Å². The highest BCUT2D eigenvalue weighted by Gasteiger charge is 2.25. The molecule has 1 atom stereocenters. The standard InChI is InChI=1S/C13H18Br2N2O2S/c1-2-17-7-3-4-11(17)9-16-20(18,19)13-8-10(14)5-6-12(13)15/h5-6,8,11,16H,2-4,7,9H2,1H3. The molecule has 0 spiro atoms. The van der Waals surface area contributed by atoms with E-state index < -0.39 is 10.0 Å². The van der Waals surface area contributed by atoms with Gasteiger partial charge in [-0.25, -0.2) is 13.1 Å². The molecule has 1 aliphatic heterocycles. The summed E-state index contributed by atoms with van der Waals surface area (Å²) in [5.41, 5.74) is 0. The molecule has 0 radical (unpaired) electrons. The number of rotatable bonds is 5. The first-order valence-corrected chi connectivity index (χ1v) is 9.69. The summed E-state index contributed by atoms with van der Waals surface area (Å²) >= 11 is 6.60. The third kappa shape index (κ3) is 3.82. The van der Waals surface area contributed by atoms with Crippen LogP contribution in [0.3, 0.4) is 0 Å². The van der Waals surface area contributed by atoms with Crippen LogP contribution >= 0.6 is 31.9 Å². The summed E-state index contributed by atoms with van der Waals surface area (Å²) in [6.45, 7) is 4.60. The van der Waals surface area contributed by atoms with Gasteiger partial charge in [0.2, 0.25) is 10.0 Å². The van der Waals surface area contributed by atoms with E-state index in [9.17, 15) is 8.42 Å². The van der Waals surface area contributed by atoms with Gasteiger partial charge >= 0.3 is 0 Å². The average molecular weight is 426 g/mol. The molecule has 4 nitrogen and oxygen atoms in total. The number of nitrogens with one attached hydrogen (secondary N) is 1. The lowest BCUT2D eigenvalue weighted by molar-refractivity contribution is 0.268. The van der Waals surface area contributed by atoms with E-state index in [0.29, 0.717) is 17.1 Å². The number of sulfonamides is 1.